The molecule has 1 aromatic carbocycles. The van der Waals surface area contributed by atoms with Crippen LogP contribution in [0.4, 0.5) is 0 Å². The Hall–Kier alpha value is -2.10. The first-order chi connectivity index (χ1) is 10.1. The predicted octanol–water partition coefficient (Wildman–Crippen LogP) is 1.29. The second kappa shape index (κ2) is 8.95. The maximum Gasteiger partial charge on any atom is 0.265 e. The first-order valence-electron chi connectivity index (χ1n) is 6.93. The Morgan fingerprint density at radius 2 is 2.24 bits per heavy atom. The summed E-state index contributed by atoms with van der Waals surface area (Å²) >= 11 is 0. The van der Waals surface area contributed by atoms with Gasteiger partial charge in [-0.3, -0.25) is 15.1 Å². The number of nitrogens with two attached hydrogens (primary N) is 1. The second-order valence-corrected chi connectivity index (χ2v) is 4.89. The van der Waals surface area contributed by atoms with E-state index in [-0.39, 0.29) is 5.91 Å². The number of nitrogens with one attached hydrogen (secondary N) is 1. The first-order valence-corrected chi connectivity index (χ1v) is 6.93. The monoisotopic (exact) mass is 290 g/mol. The number of hydrogen-bond acceptors (Lipinski definition) is 5. The molecule has 0 aromatic heterocycles. The van der Waals surface area contributed by atoms with Gasteiger partial charge in [0.1, 0.15) is 12.4 Å². The van der Waals surface area contributed by atoms with Crippen LogP contribution in [0.15, 0.2) is 24.3 Å². The fourth-order valence-electron chi connectivity index (χ4n) is 1.91. The number of hydrazine groups is 1. The number of carbonyl (C=O) groups is 1. The molecule has 0 fully saturated rings. The smallest absolute Gasteiger partial charge is 0.265 e. The lowest BCUT2D eigenvalue weighted by atomic mass is 10.2. The van der Waals surface area contributed by atoms with Gasteiger partial charge >= 0.3 is 0 Å². The van der Waals surface area contributed by atoms with Gasteiger partial charge in [-0.1, -0.05) is 6.07 Å². The molecule has 0 aliphatic carbocycles. The SMILES string of the molecule is CC(C)N(CCC#N)CCOc1cccc(C(=O)NN)c1. The molecular weight excluding hydrogens is 268 g/mol. The van der Waals surface area contributed by atoms with Crippen molar-refractivity contribution in [3.63, 3.8) is 0 Å². The average molecular weight is 290 g/mol. The molecular formula is C15H22N4O2. The van der Waals surface area contributed by atoms with Crippen molar-refractivity contribution in [3.05, 3.63) is 29.8 Å². The minimum absolute atomic E-state index is 0.349. The number of ether oxygens (including phenoxy) is 1. The van der Waals surface area contributed by atoms with E-state index < -0.39 is 0 Å². The Morgan fingerprint density at radius 3 is 2.86 bits per heavy atom. The van der Waals surface area contributed by atoms with Crippen molar-refractivity contribution in [3.8, 4) is 11.8 Å². The quantitative estimate of drug-likeness (QED) is 0.428. The summed E-state index contributed by atoms with van der Waals surface area (Å²) in [5.74, 6) is 5.38. The van der Waals surface area contributed by atoms with E-state index in [1.807, 2.05) is 0 Å². The lowest BCUT2D eigenvalue weighted by Gasteiger charge is -2.25. The number of benzene rings is 1. The fourth-order valence-corrected chi connectivity index (χ4v) is 1.91. The highest BCUT2D eigenvalue weighted by atomic mass is 16.5. The molecule has 1 aromatic rings. The van der Waals surface area contributed by atoms with Crippen LogP contribution in [0.1, 0.15) is 30.6 Å². The highest BCUT2D eigenvalue weighted by Crippen LogP contribution is 2.13. The highest BCUT2D eigenvalue weighted by Gasteiger charge is 2.09. The van der Waals surface area contributed by atoms with Gasteiger partial charge in [0.25, 0.3) is 5.91 Å². The van der Waals surface area contributed by atoms with Gasteiger partial charge in [0.15, 0.2) is 0 Å². The summed E-state index contributed by atoms with van der Waals surface area (Å²) in [5, 5.41) is 8.65. The Labute approximate surface area is 125 Å². The number of nitriles is 1. The summed E-state index contributed by atoms with van der Waals surface area (Å²) in [7, 11) is 0. The molecule has 0 spiro atoms. The van der Waals surface area contributed by atoms with E-state index in [0.717, 1.165) is 13.1 Å². The molecule has 0 aliphatic rings. The lowest BCUT2D eigenvalue weighted by molar-refractivity contribution is 0.0953. The largest absolute Gasteiger partial charge is 0.492 e. The molecule has 0 atom stereocenters. The van der Waals surface area contributed by atoms with Crippen LogP contribution in [-0.4, -0.2) is 36.5 Å². The van der Waals surface area contributed by atoms with Crippen molar-refractivity contribution in [2.75, 3.05) is 19.7 Å². The molecule has 0 radical (unpaired) electrons. The Morgan fingerprint density at radius 1 is 1.48 bits per heavy atom. The Balaban J connectivity index is 2.51. The molecule has 0 heterocycles. The number of amides is 1. The van der Waals surface area contributed by atoms with Gasteiger partial charge in [-0.15, -0.1) is 0 Å². The Bertz CT molecular complexity index is 497. The van der Waals surface area contributed by atoms with Crippen LogP contribution in [-0.2, 0) is 0 Å². The molecule has 0 bridgehead atoms. The number of nitrogens with zero attached hydrogens (tertiary/aromatic N) is 2. The van der Waals surface area contributed by atoms with E-state index in [9.17, 15) is 4.79 Å². The number of rotatable bonds is 8. The molecule has 1 rings (SSSR count). The molecule has 0 aliphatic heterocycles. The predicted molar refractivity (Wildman–Crippen MR) is 80.5 cm³/mol. The molecule has 114 valence electrons. The van der Waals surface area contributed by atoms with E-state index in [0.29, 0.717) is 30.4 Å². The van der Waals surface area contributed by atoms with Crippen molar-refractivity contribution in [1.29, 1.82) is 5.26 Å². The van der Waals surface area contributed by atoms with Gasteiger partial charge in [0, 0.05) is 31.1 Å². The van der Waals surface area contributed by atoms with Crippen LogP contribution >= 0.6 is 0 Å². The maximum atomic E-state index is 11.4. The molecule has 6 nitrogen and oxygen atoms in total. The molecule has 0 saturated carbocycles. The van der Waals surface area contributed by atoms with Crippen LogP contribution in [0.3, 0.4) is 0 Å². The van der Waals surface area contributed by atoms with Crippen LogP contribution in [0, 0.1) is 11.3 Å². The second-order valence-electron chi connectivity index (χ2n) is 4.89. The zero-order chi connectivity index (χ0) is 15.7. The molecule has 6 heteroatoms. The van der Waals surface area contributed by atoms with Crippen molar-refractivity contribution in [2.45, 2.75) is 26.3 Å². The molecule has 0 unspecified atom stereocenters. The molecule has 1 amide bonds. The standard InChI is InChI=1S/C15H22N4O2/c1-12(2)19(8-4-7-16)9-10-21-14-6-3-5-13(11-14)15(20)18-17/h3,5-6,11-12H,4,8-10,17H2,1-2H3,(H,18,20). The van der Waals surface area contributed by atoms with E-state index in [1.165, 1.54) is 0 Å². The van der Waals surface area contributed by atoms with E-state index in [1.54, 1.807) is 24.3 Å². The minimum Gasteiger partial charge on any atom is -0.492 e. The highest BCUT2D eigenvalue weighted by molar-refractivity contribution is 5.94. The number of nitrogen functional groups attached to an aromatic ring is 1. The fraction of sp³-hybridized carbons (Fsp3) is 0.467. The third kappa shape index (κ3) is 5.81. The van der Waals surface area contributed by atoms with Gasteiger partial charge in [0.2, 0.25) is 0 Å². The number of hydrogen-bond donors (Lipinski definition) is 2. The topological polar surface area (TPSA) is 91.4 Å². The zero-order valence-corrected chi connectivity index (χ0v) is 12.5. The van der Waals surface area contributed by atoms with Gasteiger partial charge in [-0.05, 0) is 32.0 Å². The van der Waals surface area contributed by atoms with Crippen LogP contribution < -0.4 is 16.0 Å². The third-order valence-electron chi connectivity index (χ3n) is 3.12. The van der Waals surface area contributed by atoms with Gasteiger partial charge in [0.05, 0.1) is 6.07 Å². The summed E-state index contributed by atoms with van der Waals surface area (Å²) in [6, 6.07) is 9.37. The lowest BCUT2D eigenvalue weighted by Crippen LogP contribution is -2.35. The summed E-state index contributed by atoms with van der Waals surface area (Å²) in [4.78, 5) is 13.6. The summed E-state index contributed by atoms with van der Waals surface area (Å²) in [5.41, 5.74) is 2.55. The van der Waals surface area contributed by atoms with Crippen molar-refractivity contribution >= 4 is 5.91 Å². The van der Waals surface area contributed by atoms with E-state index in [4.69, 9.17) is 15.8 Å². The van der Waals surface area contributed by atoms with Crippen LogP contribution in [0.25, 0.3) is 0 Å². The van der Waals surface area contributed by atoms with Gasteiger partial charge in [-0.25, -0.2) is 5.84 Å². The van der Waals surface area contributed by atoms with Crippen molar-refractivity contribution in [2.24, 2.45) is 5.84 Å². The molecule has 21 heavy (non-hydrogen) atoms. The Kier molecular flexibility index (Phi) is 7.23. The molecule has 3 N–H and O–H groups in total. The summed E-state index contributed by atoms with van der Waals surface area (Å²) in [6.07, 6.45) is 0.504. The average Bonchev–Trinajstić information content (AvgIpc) is 2.49. The zero-order valence-electron chi connectivity index (χ0n) is 12.5. The van der Waals surface area contributed by atoms with Crippen molar-refractivity contribution < 1.29 is 9.53 Å². The van der Waals surface area contributed by atoms with Crippen LogP contribution in [0.2, 0.25) is 0 Å². The van der Waals surface area contributed by atoms with Crippen LogP contribution in [0.5, 0.6) is 5.75 Å². The van der Waals surface area contributed by atoms with E-state index >= 15 is 0 Å². The number of carbonyl (C=O) groups excluding carboxylic acids is 1. The van der Waals surface area contributed by atoms with Gasteiger partial charge in [-0.2, -0.15) is 5.26 Å². The first kappa shape index (κ1) is 17.0. The normalized spacial score (nSPS) is 10.5. The summed E-state index contributed by atoms with van der Waals surface area (Å²) < 4.78 is 5.66. The van der Waals surface area contributed by atoms with Crippen molar-refractivity contribution in [1.82, 2.24) is 10.3 Å². The van der Waals surface area contributed by atoms with Gasteiger partial charge < -0.3 is 4.74 Å². The van der Waals surface area contributed by atoms with E-state index in [2.05, 4.69) is 30.2 Å². The third-order valence-corrected chi connectivity index (χ3v) is 3.12. The minimum atomic E-state index is -0.349. The molecule has 0 saturated heterocycles. The maximum absolute atomic E-state index is 11.4. The summed E-state index contributed by atoms with van der Waals surface area (Å²) in [6.45, 7) is 6.13.